The molecular weight excluding hydrogens is 340 g/mol. The summed E-state index contributed by atoms with van der Waals surface area (Å²) in [6.07, 6.45) is 4.26. The first-order valence-corrected chi connectivity index (χ1v) is 9.62. The molecule has 2 heterocycles. The molecule has 1 atom stereocenters. The highest BCUT2D eigenvalue weighted by atomic mass is 16.4. The Labute approximate surface area is 161 Å². The zero-order valence-electron chi connectivity index (χ0n) is 16.4. The highest BCUT2D eigenvalue weighted by Gasteiger charge is 2.40. The van der Waals surface area contributed by atoms with Crippen LogP contribution in [0.2, 0.25) is 0 Å². The SMILES string of the molecule is CC(C)(C)C(c1c[nH]cn1)N(C(=O)O)C1CCN(Cc2ccccc2)CC1. The van der Waals surface area contributed by atoms with E-state index in [1.54, 1.807) is 11.2 Å². The molecular formula is C21H30N4O2. The lowest BCUT2D eigenvalue weighted by atomic mass is 9.82. The second kappa shape index (κ2) is 8.13. The van der Waals surface area contributed by atoms with Gasteiger partial charge in [-0.1, -0.05) is 51.1 Å². The molecule has 3 rings (SSSR count). The third-order valence-corrected chi connectivity index (χ3v) is 5.32. The van der Waals surface area contributed by atoms with Crippen molar-refractivity contribution < 1.29 is 9.90 Å². The number of imidazole rings is 1. The normalized spacial score (nSPS) is 17.6. The summed E-state index contributed by atoms with van der Waals surface area (Å²) in [6, 6.07) is 10.2. The van der Waals surface area contributed by atoms with Gasteiger partial charge >= 0.3 is 6.09 Å². The molecule has 1 aromatic carbocycles. The van der Waals surface area contributed by atoms with E-state index in [-0.39, 0.29) is 17.5 Å². The monoisotopic (exact) mass is 370 g/mol. The lowest BCUT2D eigenvalue weighted by Crippen LogP contribution is -2.51. The van der Waals surface area contributed by atoms with Crippen LogP contribution in [-0.4, -0.2) is 50.1 Å². The summed E-state index contributed by atoms with van der Waals surface area (Å²) in [5, 5.41) is 10.0. The number of nitrogens with zero attached hydrogens (tertiary/aromatic N) is 3. The highest BCUT2D eigenvalue weighted by Crippen LogP contribution is 2.39. The van der Waals surface area contributed by atoms with Gasteiger partial charge in [-0.2, -0.15) is 0 Å². The number of benzene rings is 1. The molecule has 0 spiro atoms. The molecule has 1 aliphatic heterocycles. The zero-order valence-corrected chi connectivity index (χ0v) is 16.4. The number of likely N-dealkylation sites (tertiary alicyclic amines) is 1. The van der Waals surface area contributed by atoms with E-state index in [1.165, 1.54) is 5.56 Å². The number of hydrogen-bond donors (Lipinski definition) is 2. The van der Waals surface area contributed by atoms with E-state index in [2.05, 4.69) is 59.9 Å². The Morgan fingerprint density at radius 1 is 1.30 bits per heavy atom. The fraction of sp³-hybridized carbons (Fsp3) is 0.524. The molecule has 0 radical (unpaired) electrons. The van der Waals surface area contributed by atoms with Gasteiger partial charge in [0.1, 0.15) is 0 Å². The molecule has 1 saturated heterocycles. The lowest BCUT2D eigenvalue weighted by Gasteiger charge is -2.44. The van der Waals surface area contributed by atoms with E-state index in [9.17, 15) is 9.90 Å². The van der Waals surface area contributed by atoms with Gasteiger partial charge in [0, 0.05) is 31.9 Å². The molecule has 2 N–H and O–H groups in total. The number of piperidine rings is 1. The van der Waals surface area contributed by atoms with Crippen molar-refractivity contribution in [3.8, 4) is 0 Å². The maximum atomic E-state index is 12.2. The van der Waals surface area contributed by atoms with Gasteiger partial charge in [0.25, 0.3) is 0 Å². The van der Waals surface area contributed by atoms with Crippen LogP contribution in [0.15, 0.2) is 42.9 Å². The van der Waals surface area contributed by atoms with Crippen molar-refractivity contribution in [3.63, 3.8) is 0 Å². The second-order valence-electron chi connectivity index (χ2n) is 8.45. The molecule has 1 unspecified atom stereocenters. The Morgan fingerprint density at radius 3 is 2.48 bits per heavy atom. The molecule has 1 amide bonds. The van der Waals surface area contributed by atoms with Gasteiger partial charge in [0.2, 0.25) is 0 Å². The molecule has 6 heteroatoms. The Bertz CT molecular complexity index is 716. The predicted octanol–water partition coefficient (Wildman–Crippen LogP) is 4.14. The topological polar surface area (TPSA) is 72.5 Å². The standard InChI is InChI=1S/C21H30N4O2/c1-21(2,3)19(18-13-22-15-23-18)25(20(26)27)17-9-11-24(12-10-17)14-16-7-5-4-6-8-16/h4-8,13,15,17,19H,9-12,14H2,1-3H3,(H,22,23)(H,26,27). The van der Waals surface area contributed by atoms with Gasteiger partial charge < -0.3 is 10.1 Å². The van der Waals surface area contributed by atoms with Crippen LogP contribution < -0.4 is 0 Å². The molecule has 1 fully saturated rings. The van der Waals surface area contributed by atoms with Crippen molar-refractivity contribution in [2.24, 2.45) is 5.41 Å². The first-order chi connectivity index (χ1) is 12.9. The van der Waals surface area contributed by atoms with Gasteiger partial charge in [-0.05, 0) is 23.8 Å². The molecule has 27 heavy (non-hydrogen) atoms. The Kier molecular flexibility index (Phi) is 5.85. The second-order valence-corrected chi connectivity index (χ2v) is 8.45. The van der Waals surface area contributed by atoms with Gasteiger partial charge in [0.05, 0.1) is 18.1 Å². The highest BCUT2D eigenvalue weighted by molar-refractivity contribution is 5.66. The maximum Gasteiger partial charge on any atom is 0.408 e. The molecule has 0 saturated carbocycles. The fourth-order valence-electron chi connectivity index (χ4n) is 4.10. The van der Waals surface area contributed by atoms with Crippen molar-refractivity contribution in [2.75, 3.05) is 13.1 Å². The molecule has 2 aromatic rings. The minimum absolute atomic E-state index is 0.00967. The quantitative estimate of drug-likeness (QED) is 0.830. The van der Waals surface area contributed by atoms with E-state index in [0.29, 0.717) is 0 Å². The average molecular weight is 370 g/mol. The summed E-state index contributed by atoms with van der Waals surface area (Å²) in [5.74, 6) is 0. The summed E-state index contributed by atoms with van der Waals surface area (Å²) in [4.78, 5) is 23.6. The number of rotatable bonds is 5. The third kappa shape index (κ3) is 4.69. The number of nitrogens with one attached hydrogen (secondary N) is 1. The summed E-state index contributed by atoms with van der Waals surface area (Å²) in [5.41, 5.74) is 1.85. The minimum Gasteiger partial charge on any atom is -0.465 e. The molecule has 6 nitrogen and oxygen atoms in total. The summed E-state index contributed by atoms with van der Waals surface area (Å²) in [6.45, 7) is 8.96. The lowest BCUT2D eigenvalue weighted by molar-refractivity contribution is 0.0271. The largest absolute Gasteiger partial charge is 0.465 e. The number of H-pyrrole nitrogens is 1. The van der Waals surface area contributed by atoms with Crippen LogP contribution in [0.5, 0.6) is 0 Å². The predicted molar refractivity (Wildman–Crippen MR) is 105 cm³/mol. The molecule has 0 aliphatic carbocycles. The number of carbonyl (C=O) groups is 1. The molecule has 0 bridgehead atoms. The van der Waals surface area contributed by atoms with Crippen molar-refractivity contribution in [1.82, 2.24) is 19.8 Å². The van der Waals surface area contributed by atoms with E-state index in [4.69, 9.17) is 0 Å². The van der Waals surface area contributed by atoms with Crippen LogP contribution in [0.1, 0.15) is 50.9 Å². The number of aromatic nitrogens is 2. The van der Waals surface area contributed by atoms with Gasteiger partial charge in [-0.25, -0.2) is 9.78 Å². The molecule has 1 aromatic heterocycles. The van der Waals surface area contributed by atoms with Crippen LogP contribution >= 0.6 is 0 Å². The number of aromatic amines is 1. The maximum absolute atomic E-state index is 12.2. The van der Waals surface area contributed by atoms with E-state index in [1.807, 2.05) is 12.3 Å². The van der Waals surface area contributed by atoms with Crippen molar-refractivity contribution in [3.05, 3.63) is 54.1 Å². The summed E-state index contributed by atoms with van der Waals surface area (Å²) in [7, 11) is 0. The van der Waals surface area contributed by atoms with Crippen molar-refractivity contribution >= 4 is 6.09 Å². The first kappa shape index (κ1) is 19.4. The van der Waals surface area contributed by atoms with Crippen molar-refractivity contribution in [1.29, 1.82) is 0 Å². The molecule has 1 aliphatic rings. The average Bonchev–Trinajstić information content (AvgIpc) is 3.14. The van der Waals surface area contributed by atoms with Crippen LogP contribution in [0.25, 0.3) is 0 Å². The van der Waals surface area contributed by atoms with Gasteiger partial charge in [-0.15, -0.1) is 0 Å². The summed E-state index contributed by atoms with van der Waals surface area (Å²) < 4.78 is 0. The number of hydrogen-bond acceptors (Lipinski definition) is 3. The Hall–Kier alpha value is -2.34. The Balaban J connectivity index is 1.72. The van der Waals surface area contributed by atoms with Gasteiger partial charge in [-0.3, -0.25) is 9.80 Å². The minimum atomic E-state index is -0.862. The first-order valence-electron chi connectivity index (χ1n) is 9.62. The summed E-state index contributed by atoms with van der Waals surface area (Å²) >= 11 is 0. The van der Waals surface area contributed by atoms with Crippen LogP contribution in [0.4, 0.5) is 4.79 Å². The van der Waals surface area contributed by atoms with Crippen LogP contribution in [-0.2, 0) is 6.54 Å². The number of amides is 1. The molecule has 146 valence electrons. The van der Waals surface area contributed by atoms with E-state index < -0.39 is 6.09 Å². The van der Waals surface area contributed by atoms with E-state index >= 15 is 0 Å². The number of carboxylic acid groups (broad SMARTS) is 1. The van der Waals surface area contributed by atoms with E-state index in [0.717, 1.165) is 38.2 Å². The third-order valence-electron chi connectivity index (χ3n) is 5.32. The Morgan fingerprint density at radius 2 is 1.96 bits per heavy atom. The zero-order chi connectivity index (χ0) is 19.4. The van der Waals surface area contributed by atoms with Crippen LogP contribution in [0.3, 0.4) is 0 Å². The van der Waals surface area contributed by atoms with Crippen LogP contribution in [0, 0.1) is 5.41 Å². The van der Waals surface area contributed by atoms with Crippen molar-refractivity contribution in [2.45, 2.75) is 52.2 Å². The smallest absolute Gasteiger partial charge is 0.408 e. The van der Waals surface area contributed by atoms with Gasteiger partial charge in [0.15, 0.2) is 0 Å². The fourth-order valence-corrected chi connectivity index (χ4v) is 4.10.